The fourth-order valence-corrected chi connectivity index (χ4v) is 4.21. The molecule has 1 saturated heterocycles. The minimum Gasteiger partial charge on any atom is -0.374 e. The Hall–Kier alpha value is -1.70. The predicted molar refractivity (Wildman–Crippen MR) is 83.4 cm³/mol. The minimum absolute atomic E-state index is 0.0914. The number of aromatic nitrogens is 2. The first-order valence-electron chi connectivity index (χ1n) is 8.61. The highest BCUT2D eigenvalue weighted by Crippen LogP contribution is 2.35. The van der Waals surface area contributed by atoms with Crippen LogP contribution in [0.1, 0.15) is 49.0 Å². The van der Waals surface area contributed by atoms with Gasteiger partial charge in [-0.1, -0.05) is 0 Å². The molecule has 2 aliphatic heterocycles. The summed E-state index contributed by atoms with van der Waals surface area (Å²) < 4.78 is 33.7. The lowest BCUT2D eigenvalue weighted by Crippen LogP contribution is -2.51. The maximum atomic E-state index is 13.3. The molecule has 6 nitrogen and oxygen atoms in total. The highest BCUT2D eigenvalue weighted by atomic mass is 19.3. The van der Waals surface area contributed by atoms with Crippen molar-refractivity contribution < 1.29 is 18.3 Å². The number of morpholine rings is 1. The van der Waals surface area contributed by atoms with Crippen LogP contribution in [0.2, 0.25) is 0 Å². The molecule has 0 bridgehead atoms. The summed E-state index contributed by atoms with van der Waals surface area (Å²) in [6, 6.07) is -1.01. The predicted octanol–water partition coefficient (Wildman–Crippen LogP) is 2.29. The van der Waals surface area contributed by atoms with Gasteiger partial charge in [0, 0.05) is 12.6 Å². The summed E-state index contributed by atoms with van der Waals surface area (Å²) >= 11 is 0. The summed E-state index contributed by atoms with van der Waals surface area (Å²) in [4.78, 5) is 14.9. The third-order valence-electron chi connectivity index (χ3n) is 5.35. The first kappa shape index (κ1) is 15.8. The van der Waals surface area contributed by atoms with Crippen molar-refractivity contribution >= 4 is 11.7 Å². The second-order valence-corrected chi connectivity index (χ2v) is 6.94. The molecule has 8 heteroatoms. The molecule has 3 heterocycles. The van der Waals surface area contributed by atoms with E-state index in [4.69, 9.17) is 4.74 Å². The molecule has 4 rings (SSSR count). The average Bonchev–Trinajstić information content (AvgIpc) is 3.19. The number of rotatable bonds is 2. The van der Waals surface area contributed by atoms with Crippen molar-refractivity contribution in [2.24, 2.45) is 0 Å². The molecule has 0 radical (unpaired) electrons. The number of hydrogen-bond acceptors (Lipinski definition) is 4. The van der Waals surface area contributed by atoms with Gasteiger partial charge in [0.1, 0.15) is 17.4 Å². The normalized spacial score (nSPS) is 32.4. The lowest BCUT2D eigenvalue weighted by Gasteiger charge is -2.38. The number of carbonyl (C=O) groups excluding carboxylic acids is 1. The molecule has 1 aromatic rings. The van der Waals surface area contributed by atoms with Crippen LogP contribution >= 0.6 is 0 Å². The van der Waals surface area contributed by atoms with E-state index in [0.29, 0.717) is 31.0 Å². The van der Waals surface area contributed by atoms with E-state index in [2.05, 4.69) is 10.4 Å². The van der Waals surface area contributed by atoms with Gasteiger partial charge < -0.3 is 15.0 Å². The van der Waals surface area contributed by atoms with Crippen LogP contribution in [0.5, 0.6) is 0 Å². The van der Waals surface area contributed by atoms with Crippen molar-refractivity contribution in [3.8, 4) is 0 Å². The summed E-state index contributed by atoms with van der Waals surface area (Å²) in [5, 5.41) is 7.25. The Balaban J connectivity index is 1.64. The van der Waals surface area contributed by atoms with Crippen LogP contribution in [-0.2, 0) is 4.74 Å². The standard InChI is InChI=1S/C16H22F2N4O2/c1-9-7-12(14(17)18)22-15(20-9)10(8-19-22)16(23)21-5-6-24-13-4-2-3-11(13)21/h8-9,11-14,20H,2-7H2,1H3/t9-,11+,12-,13-/m1/s1. The van der Waals surface area contributed by atoms with Crippen molar-refractivity contribution in [1.29, 1.82) is 0 Å². The van der Waals surface area contributed by atoms with E-state index in [-0.39, 0.29) is 24.1 Å². The Bertz CT molecular complexity index is 636. The molecular formula is C16H22F2N4O2. The number of ether oxygens (including phenoxy) is 1. The fraction of sp³-hybridized carbons (Fsp3) is 0.750. The van der Waals surface area contributed by atoms with Crippen LogP contribution in [0, 0.1) is 0 Å². The Labute approximate surface area is 139 Å². The van der Waals surface area contributed by atoms with Gasteiger partial charge in [-0.25, -0.2) is 13.5 Å². The summed E-state index contributed by atoms with van der Waals surface area (Å²) in [6.07, 6.45) is 2.29. The smallest absolute Gasteiger partial charge is 0.260 e. The first-order valence-corrected chi connectivity index (χ1v) is 8.61. The van der Waals surface area contributed by atoms with Crippen LogP contribution in [-0.4, -0.2) is 58.4 Å². The van der Waals surface area contributed by atoms with Gasteiger partial charge in [0.15, 0.2) is 0 Å². The number of hydrogen-bond donors (Lipinski definition) is 1. The largest absolute Gasteiger partial charge is 0.374 e. The van der Waals surface area contributed by atoms with Crippen LogP contribution in [0.15, 0.2) is 6.20 Å². The van der Waals surface area contributed by atoms with Gasteiger partial charge in [-0.05, 0) is 32.6 Å². The van der Waals surface area contributed by atoms with Crippen LogP contribution in [0.3, 0.4) is 0 Å². The van der Waals surface area contributed by atoms with Gasteiger partial charge >= 0.3 is 0 Å². The quantitative estimate of drug-likeness (QED) is 0.897. The molecular weight excluding hydrogens is 318 g/mol. The number of halogens is 2. The topological polar surface area (TPSA) is 59.4 Å². The lowest BCUT2D eigenvalue weighted by atomic mass is 10.0. The molecule has 2 fully saturated rings. The molecule has 132 valence electrons. The third kappa shape index (κ3) is 2.47. The zero-order valence-corrected chi connectivity index (χ0v) is 13.6. The van der Waals surface area contributed by atoms with Crippen LogP contribution < -0.4 is 5.32 Å². The average molecular weight is 340 g/mol. The molecule has 1 saturated carbocycles. The number of fused-ring (bicyclic) bond motifs is 2. The van der Waals surface area contributed by atoms with Gasteiger partial charge in [-0.2, -0.15) is 5.10 Å². The fourth-order valence-electron chi connectivity index (χ4n) is 4.21. The number of anilines is 1. The summed E-state index contributed by atoms with van der Waals surface area (Å²) in [5.41, 5.74) is 0.389. The van der Waals surface area contributed by atoms with Gasteiger partial charge in [0.25, 0.3) is 12.3 Å². The Kier molecular flexibility index (Phi) is 3.94. The van der Waals surface area contributed by atoms with Crippen molar-refractivity contribution in [1.82, 2.24) is 14.7 Å². The molecule has 1 aromatic heterocycles. The molecule has 0 spiro atoms. The summed E-state index contributed by atoms with van der Waals surface area (Å²) in [7, 11) is 0. The summed E-state index contributed by atoms with van der Waals surface area (Å²) in [6.45, 7) is 2.92. The van der Waals surface area contributed by atoms with Gasteiger partial charge in [0.05, 0.1) is 24.9 Å². The molecule has 3 aliphatic rings. The number of nitrogens with one attached hydrogen (secondary N) is 1. The molecule has 1 amide bonds. The Morgan fingerprint density at radius 2 is 2.29 bits per heavy atom. The lowest BCUT2D eigenvalue weighted by molar-refractivity contribution is -0.0445. The van der Waals surface area contributed by atoms with Gasteiger partial charge in [0.2, 0.25) is 0 Å². The van der Waals surface area contributed by atoms with Crippen molar-refractivity contribution in [2.45, 2.75) is 63.3 Å². The number of carbonyl (C=O) groups is 1. The van der Waals surface area contributed by atoms with E-state index in [1.807, 2.05) is 11.8 Å². The molecule has 1 aliphatic carbocycles. The van der Waals surface area contributed by atoms with E-state index in [1.54, 1.807) is 0 Å². The number of nitrogens with zero attached hydrogens (tertiary/aromatic N) is 3. The Morgan fingerprint density at radius 3 is 3.08 bits per heavy atom. The maximum absolute atomic E-state index is 13.3. The number of alkyl halides is 2. The molecule has 1 N–H and O–H groups in total. The molecule has 0 unspecified atom stereocenters. The van der Waals surface area contributed by atoms with Gasteiger partial charge in [-0.15, -0.1) is 0 Å². The third-order valence-corrected chi connectivity index (χ3v) is 5.35. The molecule has 24 heavy (non-hydrogen) atoms. The molecule has 4 atom stereocenters. The van der Waals surface area contributed by atoms with E-state index in [9.17, 15) is 13.6 Å². The van der Waals surface area contributed by atoms with Crippen LogP contribution in [0.25, 0.3) is 0 Å². The van der Waals surface area contributed by atoms with Crippen LogP contribution in [0.4, 0.5) is 14.6 Å². The highest BCUT2D eigenvalue weighted by molar-refractivity contribution is 5.99. The second kappa shape index (κ2) is 5.98. The van der Waals surface area contributed by atoms with E-state index < -0.39 is 12.5 Å². The maximum Gasteiger partial charge on any atom is 0.260 e. The summed E-state index contributed by atoms with van der Waals surface area (Å²) in [5.74, 6) is 0.288. The first-order chi connectivity index (χ1) is 11.6. The zero-order valence-electron chi connectivity index (χ0n) is 13.6. The van der Waals surface area contributed by atoms with E-state index in [1.165, 1.54) is 10.9 Å². The van der Waals surface area contributed by atoms with Crippen molar-refractivity contribution in [2.75, 3.05) is 18.5 Å². The molecule has 0 aromatic carbocycles. The van der Waals surface area contributed by atoms with Crippen molar-refractivity contribution in [3.63, 3.8) is 0 Å². The highest BCUT2D eigenvalue weighted by Gasteiger charge is 2.41. The van der Waals surface area contributed by atoms with Gasteiger partial charge in [-0.3, -0.25) is 4.79 Å². The minimum atomic E-state index is -2.50. The zero-order chi connectivity index (χ0) is 16.8. The van der Waals surface area contributed by atoms with E-state index >= 15 is 0 Å². The second-order valence-electron chi connectivity index (χ2n) is 6.94. The number of amides is 1. The Morgan fingerprint density at radius 1 is 1.46 bits per heavy atom. The van der Waals surface area contributed by atoms with Crippen molar-refractivity contribution in [3.05, 3.63) is 11.8 Å². The SMILES string of the molecule is C[C@@H]1C[C@H](C(F)F)n2ncc(C(=O)N3CCO[C@@H]4CCC[C@@H]43)c2N1. The van der Waals surface area contributed by atoms with E-state index in [0.717, 1.165) is 19.3 Å². The monoisotopic (exact) mass is 340 g/mol.